The average molecular weight is 188 g/mol. The van der Waals surface area contributed by atoms with E-state index in [1.165, 1.54) is 16.6 Å². The fourth-order valence-corrected chi connectivity index (χ4v) is 1.88. The lowest BCUT2D eigenvalue weighted by atomic mass is 10.2. The lowest BCUT2D eigenvalue weighted by Crippen LogP contribution is -2.22. The van der Waals surface area contributed by atoms with E-state index in [1.54, 1.807) is 0 Å². The molecule has 0 amide bonds. The van der Waals surface area contributed by atoms with E-state index in [-0.39, 0.29) is 6.04 Å². The zero-order valence-corrected chi connectivity index (χ0v) is 8.70. The molecule has 0 radical (unpaired) electrons. The smallest absolute Gasteiger partial charge is 0.0482 e. The van der Waals surface area contributed by atoms with Crippen molar-refractivity contribution in [2.45, 2.75) is 26.4 Å². The van der Waals surface area contributed by atoms with E-state index in [1.807, 2.05) is 6.92 Å². The Bertz CT molecular complexity index is 441. The van der Waals surface area contributed by atoms with Gasteiger partial charge in [0.2, 0.25) is 0 Å². The van der Waals surface area contributed by atoms with E-state index in [4.69, 9.17) is 5.73 Å². The molecule has 1 atom stereocenters. The quantitative estimate of drug-likeness (QED) is 0.770. The molecule has 1 aromatic heterocycles. The molecule has 0 aliphatic heterocycles. The molecule has 74 valence electrons. The minimum absolute atomic E-state index is 0.199. The molecule has 2 N–H and O–H groups in total. The second-order valence-electron chi connectivity index (χ2n) is 3.93. The standard InChI is InChI=1S/C12H16N2/c1-9(13)8-14-10(2)7-11-5-3-4-6-12(11)14/h3-7,9H,8,13H2,1-2H3/t9-/m0/s1. The Kier molecular flexibility index (Phi) is 2.30. The number of benzene rings is 1. The van der Waals surface area contributed by atoms with Crippen LogP contribution < -0.4 is 5.73 Å². The van der Waals surface area contributed by atoms with Gasteiger partial charge in [-0.1, -0.05) is 18.2 Å². The Morgan fingerprint density at radius 2 is 2.07 bits per heavy atom. The van der Waals surface area contributed by atoms with Crippen LogP contribution in [0.4, 0.5) is 0 Å². The van der Waals surface area contributed by atoms with Gasteiger partial charge in [-0.25, -0.2) is 0 Å². The van der Waals surface area contributed by atoms with Crippen molar-refractivity contribution in [3.05, 3.63) is 36.0 Å². The fraction of sp³-hybridized carbons (Fsp3) is 0.333. The SMILES string of the molecule is Cc1cc2ccccc2n1C[C@H](C)N. The molecule has 2 rings (SSSR count). The maximum atomic E-state index is 5.82. The van der Waals surface area contributed by atoms with Gasteiger partial charge in [-0.05, 0) is 31.4 Å². The van der Waals surface area contributed by atoms with Crippen molar-refractivity contribution in [1.29, 1.82) is 0 Å². The van der Waals surface area contributed by atoms with E-state index in [2.05, 4.69) is 41.8 Å². The first kappa shape index (κ1) is 9.28. The van der Waals surface area contributed by atoms with E-state index in [0.29, 0.717) is 0 Å². The van der Waals surface area contributed by atoms with Crippen LogP contribution in [-0.4, -0.2) is 10.6 Å². The van der Waals surface area contributed by atoms with Gasteiger partial charge in [-0.15, -0.1) is 0 Å². The molecular formula is C12H16N2. The minimum Gasteiger partial charge on any atom is -0.343 e. The Morgan fingerprint density at radius 3 is 2.79 bits per heavy atom. The van der Waals surface area contributed by atoms with Crippen LogP contribution in [-0.2, 0) is 6.54 Å². The number of aryl methyl sites for hydroxylation is 1. The minimum atomic E-state index is 0.199. The van der Waals surface area contributed by atoms with Crippen LogP contribution in [0.3, 0.4) is 0 Å². The molecule has 1 aromatic carbocycles. The average Bonchev–Trinajstić information content (AvgIpc) is 2.43. The number of aromatic nitrogens is 1. The van der Waals surface area contributed by atoms with Crippen LogP contribution in [0.15, 0.2) is 30.3 Å². The number of hydrogen-bond acceptors (Lipinski definition) is 1. The fourth-order valence-electron chi connectivity index (χ4n) is 1.88. The van der Waals surface area contributed by atoms with Gasteiger partial charge < -0.3 is 10.3 Å². The lowest BCUT2D eigenvalue weighted by Gasteiger charge is -2.10. The number of nitrogens with two attached hydrogens (primary N) is 1. The molecule has 14 heavy (non-hydrogen) atoms. The second-order valence-corrected chi connectivity index (χ2v) is 3.93. The van der Waals surface area contributed by atoms with Crippen molar-refractivity contribution in [2.24, 2.45) is 5.73 Å². The van der Waals surface area contributed by atoms with Crippen LogP contribution >= 0.6 is 0 Å². The summed E-state index contributed by atoms with van der Waals surface area (Å²) in [5, 5.41) is 1.30. The van der Waals surface area contributed by atoms with Gasteiger partial charge in [0.05, 0.1) is 0 Å². The lowest BCUT2D eigenvalue weighted by molar-refractivity contribution is 0.595. The largest absolute Gasteiger partial charge is 0.343 e. The third-order valence-electron chi connectivity index (χ3n) is 2.49. The van der Waals surface area contributed by atoms with Crippen molar-refractivity contribution in [3.63, 3.8) is 0 Å². The summed E-state index contributed by atoms with van der Waals surface area (Å²) < 4.78 is 2.28. The predicted molar refractivity (Wildman–Crippen MR) is 60.3 cm³/mol. The van der Waals surface area contributed by atoms with Crippen molar-refractivity contribution in [1.82, 2.24) is 4.57 Å². The molecule has 2 heteroatoms. The molecular weight excluding hydrogens is 172 g/mol. The van der Waals surface area contributed by atoms with E-state index in [9.17, 15) is 0 Å². The van der Waals surface area contributed by atoms with Gasteiger partial charge in [0.15, 0.2) is 0 Å². The zero-order chi connectivity index (χ0) is 10.1. The highest BCUT2D eigenvalue weighted by molar-refractivity contribution is 5.81. The van der Waals surface area contributed by atoms with Crippen LogP contribution in [0, 0.1) is 6.92 Å². The maximum Gasteiger partial charge on any atom is 0.0482 e. The van der Waals surface area contributed by atoms with Crippen LogP contribution in [0.5, 0.6) is 0 Å². The molecule has 0 unspecified atom stereocenters. The third-order valence-corrected chi connectivity index (χ3v) is 2.49. The number of fused-ring (bicyclic) bond motifs is 1. The summed E-state index contributed by atoms with van der Waals surface area (Å²) in [7, 11) is 0. The Labute approximate surface area is 84.3 Å². The van der Waals surface area contributed by atoms with Gasteiger partial charge in [0.25, 0.3) is 0 Å². The summed E-state index contributed by atoms with van der Waals surface area (Å²) in [6.45, 7) is 5.05. The topological polar surface area (TPSA) is 30.9 Å². The molecule has 0 fully saturated rings. The van der Waals surface area contributed by atoms with Crippen molar-refractivity contribution >= 4 is 10.9 Å². The first-order chi connectivity index (χ1) is 6.68. The summed E-state index contributed by atoms with van der Waals surface area (Å²) in [6, 6.07) is 10.8. The highest BCUT2D eigenvalue weighted by Gasteiger charge is 2.05. The Hall–Kier alpha value is -1.28. The second kappa shape index (κ2) is 3.46. The molecule has 2 nitrogen and oxygen atoms in total. The van der Waals surface area contributed by atoms with Gasteiger partial charge in [-0.2, -0.15) is 0 Å². The van der Waals surface area contributed by atoms with E-state index in [0.717, 1.165) is 6.54 Å². The van der Waals surface area contributed by atoms with Crippen molar-refractivity contribution < 1.29 is 0 Å². The van der Waals surface area contributed by atoms with Crippen LogP contribution in [0.25, 0.3) is 10.9 Å². The monoisotopic (exact) mass is 188 g/mol. The zero-order valence-electron chi connectivity index (χ0n) is 8.70. The van der Waals surface area contributed by atoms with Crippen LogP contribution in [0.2, 0.25) is 0 Å². The molecule has 0 saturated heterocycles. The summed E-state index contributed by atoms with van der Waals surface area (Å²) in [4.78, 5) is 0. The number of hydrogen-bond donors (Lipinski definition) is 1. The Balaban J connectivity index is 2.56. The summed E-state index contributed by atoms with van der Waals surface area (Å²) in [5.74, 6) is 0. The van der Waals surface area contributed by atoms with Crippen molar-refractivity contribution in [2.75, 3.05) is 0 Å². The molecule has 0 saturated carbocycles. The van der Waals surface area contributed by atoms with Gasteiger partial charge in [0.1, 0.15) is 0 Å². The highest BCUT2D eigenvalue weighted by atomic mass is 15.0. The first-order valence-electron chi connectivity index (χ1n) is 4.99. The maximum absolute atomic E-state index is 5.82. The number of nitrogens with zero attached hydrogens (tertiary/aromatic N) is 1. The predicted octanol–water partition coefficient (Wildman–Crippen LogP) is 2.30. The third kappa shape index (κ3) is 1.53. The van der Waals surface area contributed by atoms with Gasteiger partial charge in [-0.3, -0.25) is 0 Å². The molecule has 0 bridgehead atoms. The van der Waals surface area contributed by atoms with Crippen molar-refractivity contribution in [3.8, 4) is 0 Å². The molecule has 1 heterocycles. The summed E-state index contributed by atoms with van der Waals surface area (Å²) in [6.07, 6.45) is 0. The van der Waals surface area contributed by atoms with E-state index >= 15 is 0 Å². The van der Waals surface area contributed by atoms with E-state index < -0.39 is 0 Å². The normalized spacial score (nSPS) is 13.4. The molecule has 0 aliphatic carbocycles. The van der Waals surface area contributed by atoms with Crippen LogP contribution in [0.1, 0.15) is 12.6 Å². The summed E-state index contributed by atoms with van der Waals surface area (Å²) in [5.41, 5.74) is 8.38. The van der Waals surface area contributed by atoms with Gasteiger partial charge in [0, 0.05) is 23.8 Å². The molecule has 2 aromatic rings. The molecule has 0 spiro atoms. The van der Waals surface area contributed by atoms with Gasteiger partial charge >= 0.3 is 0 Å². The number of para-hydroxylation sites is 1. The Morgan fingerprint density at radius 1 is 1.36 bits per heavy atom. The first-order valence-corrected chi connectivity index (χ1v) is 4.99. The number of rotatable bonds is 2. The molecule has 0 aliphatic rings. The summed E-state index contributed by atoms with van der Waals surface area (Å²) >= 11 is 0. The highest BCUT2D eigenvalue weighted by Crippen LogP contribution is 2.19.